The summed E-state index contributed by atoms with van der Waals surface area (Å²) in [7, 11) is 1.49. The highest BCUT2D eigenvalue weighted by Gasteiger charge is 2.14. The molecule has 26 heavy (non-hydrogen) atoms. The number of para-hydroxylation sites is 1. The smallest absolute Gasteiger partial charge is 0.274 e. The van der Waals surface area contributed by atoms with Crippen molar-refractivity contribution in [1.82, 2.24) is 10.3 Å². The number of hydrogen-bond donors (Lipinski definition) is 4. The molecule has 0 aliphatic rings. The number of aromatic amines is 1. The molecule has 8 heteroatoms. The highest BCUT2D eigenvalue weighted by molar-refractivity contribution is 6.35. The number of benzene rings is 2. The summed E-state index contributed by atoms with van der Waals surface area (Å²) < 4.78 is 5.92. The molecule has 0 aliphatic heterocycles. The topological polar surface area (TPSA) is 119 Å². The molecule has 0 saturated carbocycles. The van der Waals surface area contributed by atoms with Gasteiger partial charge in [0.1, 0.15) is 17.2 Å². The highest BCUT2D eigenvalue weighted by atomic mass is 35.5. The van der Waals surface area contributed by atoms with Crippen molar-refractivity contribution >= 4 is 34.4 Å². The molecule has 1 heterocycles. The van der Waals surface area contributed by atoms with E-state index in [0.717, 1.165) is 5.56 Å². The summed E-state index contributed by atoms with van der Waals surface area (Å²) in [6.07, 6.45) is 0. The van der Waals surface area contributed by atoms with Crippen molar-refractivity contribution in [3.8, 4) is 11.5 Å². The minimum Gasteiger partial charge on any atom is -0.457 e. The van der Waals surface area contributed by atoms with Crippen LogP contribution >= 0.6 is 11.6 Å². The van der Waals surface area contributed by atoms with Crippen molar-refractivity contribution in [2.45, 2.75) is 6.54 Å². The van der Waals surface area contributed by atoms with Crippen LogP contribution < -0.4 is 21.5 Å². The second-order valence-electron chi connectivity index (χ2n) is 5.53. The largest absolute Gasteiger partial charge is 0.457 e. The van der Waals surface area contributed by atoms with E-state index in [1.807, 2.05) is 24.3 Å². The number of ether oxygens (including phenoxy) is 1. The maximum Gasteiger partial charge on any atom is 0.274 e. The van der Waals surface area contributed by atoms with Gasteiger partial charge in [0.05, 0.1) is 10.5 Å². The zero-order valence-corrected chi connectivity index (χ0v) is 14.8. The van der Waals surface area contributed by atoms with Crippen LogP contribution in [0.5, 0.6) is 11.5 Å². The number of carbonyl (C=O) groups excluding carboxylic acids is 1. The maximum atomic E-state index is 12.2. The average molecular weight is 372 g/mol. The molecule has 2 aromatic carbocycles. The van der Waals surface area contributed by atoms with Crippen molar-refractivity contribution < 1.29 is 9.53 Å². The summed E-state index contributed by atoms with van der Waals surface area (Å²) in [5, 5.41) is 3.62. The van der Waals surface area contributed by atoms with Crippen LogP contribution in [0.25, 0.3) is 10.9 Å². The Bertz CT molecular complexity index is 996. The van der Waals surface area contributed by atoms with Gasteiger partial charge in [0.2, 0.25) is 0 Å². The highest BCUT2D eigenvalue weighted by Crippen LogP contribution is 2.33. The molecule has 0 aliphatic carbocycles. The first kappa shape index (κ1) is 17.8. The number of nitrogens with one attached hydrogen (secondary N) is 2. The molecule has 0 radical (unpaired) electrons. The van der Waals surface area contributed by atoms with Crippen LogP contribution in [0.2, 0.25) is 5.02 Å². The van der Waals surface area contributed by atoms with E-state index in [-0.39, 0.29) is 5.96 Å². The quantitative estimate of drug-likeness (QED) is 0.416. The molecule has 0 unspecified atom stereocenters. The third-order valence-corrected chi connectivity index (χ3v) is 4.12. The van der Waals surface area contributed by atoms with E-state index in [9.17, 15) is 4.79 Å². The van der Waals surface area contributed by atoms with Gasteiger partial charge >= 0.3 is 0 Å². The molecule has 1 aromatic heterocycles. The van der Waals surface area contributed by atoms with E-state index in [2.05, 4.69) is 15.3 Å². The maximum absolute atomic E-state index is 12.2. The Hall–Kier alpha value is -3.03. The Morgan fingerprint density at radius 1 is 1.31 bits per heavy atom. The van der Waals surface area contributed by atoms with Gasteiger partial charge < -0.3 is 21.2 Å². The van der Waals surface area contributed by atoms with Gasteiger partial charge in [-0.1, -0.05) is 29.8 Å². The molecule has 3 aromatic rings. The number of aromatic nitrogens is 1. The van der Waals surface area contributed by atoms with Gasteiger partial charge in [-0.2, -0.15) is 0 Å². The lowest BCUT2D eigenvalue weighted by atomic mass is 10.2. The first-order chi connectivity index (χ1) is 12.5. The molecule has 7 nitrogen and oxygen atoms in total. The number of amides is 1. The molecule has 3 rings (SSSR count). The fourth-order valence-electron chi connectivity index (χ4n) is 2.49. The zero-order chi connectivity index (χ0) is 18.7. The number of rotatable bonds is 4. The number of halogens is 1. The molecule has 1 amide bonds. The van der Waals surface area contributed by atoms with E-state index >= 15 is 0 Å². The molecular formula is C18H18ClN5O2. The number of nitrogens with two attached hydrogens (primary N) is 2. The van der Waals surface area contributed by atoms with Crippen molar-refractivity contribution in [2.24, 2.45) is 16.5 Å². The molecule has 0 fully saturated rings. The molecule has 6 N–H and O–H groups in total. The number of carbonyl (C=O) groups is 1. The van der Waals surface area contributed by atoms with Crippen LogP contribution in [-0.4, -0.2) is 23.9 Å². The van der Waals surface area contributed by atoms with Gasteiger partial charge in [0, 0.05) is 36.7 Å². The molecule has 134 valence electrons. The Morgan fingerprint density at radius 2 is 2.08 bits per heavy atom. The number of aliphatic imine (C=N–C) groups is 1. The number of hydrogen-bond acceptors (Lipinski definition) is 4. The number of guanidine groups is 1. The second-order valence-corrected chi connectivity index (χ2v) is 5.93. The lowest BCUT2D eigenvalue weighted by Crippen LogP contribution is -2.36. The van der Waals surface area contributed by atoms with Crippen LogP contribution in [0.1, 0.15) is 16.1 Å². The van der Waals surface area contributed by atoms with Crippen LogP contribution in [0, 0.1) is 0 Å². The zero-order valence-electron chi connectivity index (χ0n) is 14.0. The number of H-pyrrole nitrogens is 1. The van der Waals surface area contributed by atoms with Gasteiger partial charge in [-0.25, -0.2) is 0 Å². The van der Waals surface area contributed by atoms with Gasteiger partial charge in [-0.3, -0.25) is 15.1 Å². The molecule has 0 saturated heterocycles. The van der Waals surface area contributed by atoms with E-state index in [1.165, 1.54) is 7.05 Å². The van der Waals surface area contributed by atoms with Crippen molar-refractivity contribution in [1.29, 1.82) is 0 Å². The minimum atomic E-state index is -0.406. The van der Waals surface area contributed by atoms with Crippen LogP contribution in [0.3, 0.4) is 0 Å². The van der Waals surface area contributed by atoms with Gasteiger partial charge in [-0.05, 0) is 12.1 Å². The Labute approximate surface area is 155 Å². The summed E-state index contributed by atoms with van der Waals surface area (Å²) in [5.41, 5.74) is 13.1. The van der Waals surface area contributed by atoms with Crippen LogP contribution in [-0.2, 0) is 6.54 Å². The Balaban J connectivity index is 1.94. The SMILES string of the molecule is CN=C(N)NC(=O)c1cc2c(Cl)cc(Oc3ccccc3CN)cc2[nH]1. The van der Waals surface area contributed by atoms with Crippen molar-refractivity contribution in [3.63, 3.8) is 0 Å². The van der Waals surface area contributed by atoms with E-state index in [1.54, 1.807) is 18.2 Å². The van der Waals surface area contributed by atoms with Gasteiger partial charge in [-0.15, -0.1) is 0 Å². The fourth-order valence-corrected chi connectivity index (χ4v) is 2.75. The first-order valence-corrected chi connectivity index (χ1v) is 8.21. The average Bonchev–Trinajstić information content (AvgIpc) is 3.07. The van der Waals surface area contributed by atoms with E-state index in [4.69, 9.17) is 27.8 Å². The second kappa shape index (κ2) is 7.47. The standard InChI is InChI=1S/C18H18ClN5O2/c1-22-18(21)24-17(25)15-8-12-13(19)6-11(7-14(12)23-15)26-16-5-3-2-4-10(16)9-20/h2-8,23H,9,20H2,1H3,(H3,21,22,24,25). The summed E-state index contributed by atoms with van der Waals surface area (Å²) >= 11 is 6.35. The number of nitrogens with zero attached hydrogens (tertiary/aromatic N) is 1. The minimum absolute atomic E-state index is 0.0298. The lowest BCUT2D eigenvalue weighted by Gasteiger charge is -2.10. The van der Waals surface area contributed by atoms with Crippen molar-refractivity contribution in [2.75, 3.05) is 7.05 Å². The number of fused-ring (bicyclic) bond motifs is 1. The van der Waals surface area contributed by atoms with Crippen LogP contribution in [0.15, 0.2) is 47.5 Å². The monoisotopic (exact) mass is 371 g/mol. The van der Waals surface area contributed by atoms with Crippen LogP contribution in [0.4, 0.5) is 0 Å². The van der Waals surface area contributed by atoms with E-state index < -0.39 is 5.91 Å². The summed E-state index contributed by atoms with van der Waals surface area (Å²) in [4.78, 5) is 18.9. The summed E-state index contributed by atoms with van der Waals surface area (Å²) in [6.45, 7) is 0.360. The van der Waals surface area contributed by atoms with Crippen molar-refractivity contribution in [3.05, 3.63) is 58.7 Å². The normalized spacial score (nSPS) is 11.6. The predicted octanol–water partition coefficient (Wildman–Crippen LogP) is 2.75. The van der Waals surface area contributed by atoms with Gasteiger partial charge in [0.15, 0.2) is 5.96 Å². The summed E-state index contributed by atoms with van der Waals surface area (Å²) in [5.74, 6) is 0.812. The molecular weight excluding hydrogens is 354 g/mol. The van der Waals surface area contributed by atoms with E-state index in [0.29, 0.717) is 39.7 Å². The fraction of sp³-hybridized carbons (Fsp3) is 0.111. The summed E-state index contributed by atoms with van der Waals surface area (Å²) in [6, 6.07) is 12.6. The molecule has 0 atom stereocenters. The lowest BCUT2D eigenvalue weighted by molar-refractivity contribution is 0.0972. The third-order valence-electron chi connectivity index (χ3n) is 3.81. The van der Waals surface area contributed by atoms with Gasteiger partial charge in [0.25, 0.3) is 5.91 Å². The third kappa shape index (κ3) is 3.63. The first-order valence-electron chi connectivity index (χ1n) is 7.83. The predicted molar refractivity (Wildman–Crippen MR) is 103 cm³/mol. The molecule has 0 spiro atoms. The Kier molecular flexibility index (Phi) is 5.11. The Morgan fingerprint density at radius 3 is 2.81 bits per heavy atom. The molecule has 0 bridgehead atoms.